The Morgan fingerprint density at radius 2 is 1.82 bits per heavy atom. The van der Waals surface area contributed by atoms with Crippen LogP contribution in [0.25, 0.3) is 0 Å². The Labute approximate surface area is 137 Å². The Hall–Kier alpha value is -1.15. The molecule has 0 spiro atoms. The standard InChI is InChI=1S/C14H22ClN3O3S/c1-17(2)10-11-18(22(3,20)21)9-8-16-14(19)12-6-4-5-7-13(12)15/h4-7H,8-11H2,1-3H3,(H,16,19). The second-order valence-corrected chi connectivity index (χ2v) is 7.59. The highest BCUT2D eigenvalue weighted by Crippen LogP contribution is 2.14. The number of carbonyl (C=O) groups excluding carboxylic acids is 1. The third kappa shape index (κ3) is 6.31. The normalized spacial score (nSPS) is 11.9. The van der Waals surface area contributed by atoms with Crippen LogP contribution in [0.2, 0.25) is 5.02 Å². The maximum Gasteiger partial charge on any atom is 0.252 e. The van der Waals surface area contributed by atoms with Crippen LogP contribution in [-0.2, 0) is 10.0 Å². The van der Waals surface area contributed by atoms with Crippen molar-refractivity contribution in [3.8, 4) is 0 Å². The van der Waals surface area contributed by atoms with Gasteiger partial charge in [0.2, 0.25) is 10.0 Å². The predicted octanol–water partition coefficient (Wildman–Crippen LogP) is 0.893. The SMILES string of the molecule is CN(C)CCN(CCNC(=O)c1ccccc1Cl)S(C)(=O)=O. The molecule has 0 bridgehead atoms. The van der Waals surface area contributed by atoms with Crippen molar-refractivity contribution >= 4 is 27.5 Å². The first kappa shape index (κ1) is 18.9. The molecule has 1 aromatic carbocycles. The van der Waals surface area contributed by atoms with Crippen LogP contribution in [0.5, 0.6) is 0 Å². The van der Waals surface area contributed by atoms with Gasteiger partial charge in [0.15, 0.2) is 0 Å². The molecule has 1 N–H and O–H groups in total. The zero-order chi connectivity index (χ0) is 16.8. The summed E-state index contributed by atoms with van der Waals surface area (Å²) in [5.74, 6) is -0.313. The van der Waals surface area contributed by atoms with Gasteiger partial charge in [-0.25, -0.2) is 8.42 Å². The quantitative estimate of drug-likeness (QED) is 0.758. The van der Waals surface area contributed by atoms with Gasteiger partial charge in [-0.2, -0.15) is 4.31 Å². The van der Waals surface area contributed by atoms with Gasteiger partial charge in [0.25, 0.3) is 5.91 Å². The number of sulfonamides is 1. The number of hydrogen-bond donors (Lipinski definition) is 1. The van der Waals surface area contributed by atoms with E-state index in [4.69, 9.17) is 11.6 Å². The lowest BCUT2D eigenvalue weighted by atomic mass is 10.2. The molecule has 22 heavy (non-hydrogen) atoms. The van der Waals surface area contributed by atoms with Crippen molar-refractivity contribution in [3.05, 3.63) is 34.9 Å². The van der Waals surface area contributed by atoms with Crippen molar-refractivity contribution in [2.75, 3.05) is 46.5 Å². The minimum atomic E-state index is -3.30. The second kappa shape index (κ2) is 8.47. The molecule has 0 saturated carbocycles. The van der Waals surface area contributed by atoms with E-state index in [-0.39, 0.29) is 19.0 Å². The van der Waals surface area contributed by atoms with Gasteiger partial charge in [-0.3, -0.25) is 4.79 Å². The van der Waals surface area contributed by atoms with Crippen molar-refractivity contribution in [2.24, 2.45) is 0 Å². The van der Waals surface area contributed by atoms with E-state index in [9.17, 15) is 13.2 Å². The number of nitrogens with zero attached hydrogens (tertiary/aromatic N) is 2. The highest BCUT2D eigenvalue weighted by Gasteiger charge is 2.17. The van der Waals surface area contributed by atoms with E-state index in [0.717, 1.165) is 0 Å². The molecule has 0 fully saturated rings. The summed E-state index contributed by atoms with van der Waals surface area (Å²) >= 11 is 5.95. The van der Waals surface area contributed by atoms with Crippen molar-refractivity contribution in [3.63, 3.8) is 0 Å². The van der Waals surface area contributed by atoms with Crippen LogP contribution < -0.4 is 5.32 Å². The average Bonchev–Trinajstić information content (AvgIpc) is 2.41. The summed E-state index contributed by atoms with van der Waals surface area (Å²) in [4.78, 5) is 13.9. The van der Waals surface area contributed by atoms with Crippen LogP contribution in [0.1, 0.15) is 10.4 Å². The van der Waals surface area contributed by atoms with E-state index in [1.54, 1.807) is 24.3 Å². The predicted molar refractivity (Wildman–Crippen MR) is 88.8 cm³/mol. The van der Waals surface area contributed by atoms with Gasteiger partial charge in [0.05, 0.1) is 16.8 Å². The summed E-state index contributed by atoms with van der Waals surface area (Å²) in [5, 5.41) is 3.06. The first-order valence-corrected chi connectivity index (χ1v) is 9.07. The molecule has 124 valence electrons. The summed E-state index contributed by atoms with van der Waals surface area (Å²) in [6, 6.07) is 6.72. The summed E-state index contributed by atoms with van der Waals surface area (Å²) in [6.07, 6.45) is 1.17. The Balaban J connectivity index is 2.56. The number of nitrogens with one attached hydrogen (secondary N) is 1. The highest BCUT2D eigenvalue weighted by molar-refractivity contribution is 7.88. The monoisotopic (exact) mass is 347 g/mol. The average molecular weight is 348 g/mol. The molecule has 1 aromatic rings. The molecule has 0 radical (unpaired) electrons. The molecule has 0 aliphatic heterocycles. The number of likely N-dealkylation sites (N-methyl/N-ethyl adjacent to an activating group) is 1. The lowest BCUT2D eigenvalue weighted by molar-refractivity contribution is 0.0951. The number of hydrogen-bond acceptors (Lipinski definition) is 4. The number of amides is 1. The second-order valence-electron chi connectivity index (χ2n) is 5.20. The van der Waals surface area contributed by atoms with Gasteiger partial charge < -0.3 is 10.2 Å². The molecule has 1 amide bonds. The van der Waals surface area contributed by atoms with Crippen molar-refractivity contribution < 1.29 is 13.2 Å². The molecule has 0 heterocycles. The molecule has 6 nitrogen and oxygen atoms in total. The Bertz CT molecular complexity index is 605. The van der Waals surface area contributed by atoms with E-state index < -0.39 is 10.0 Å². The molecule has 0 atom stereocenters. The van der Waals surface area contributed by atoms with E-state index in [1.165, 1.54) is 10.6 Å². The van der Waals surface area contributed by atoms with Crippen LogP contribution in [-0.4, -0.2) is 70.1 Å². The topological polar surface area (TPSA) is 69.7 Å². The number of benzene rings is 1. The fourth-order valence-corrected chi connectivity index (χ4v) is 2.85. The summed E-state index contributed by atoms with van der Waals surface area (Å²) in [7, 11) is 0.447. The Morgan fingerprint density at radius 3 is 2.36 bits per heavy atom. The van der Waals surface area contributed by atoms with Crippen molar-refractivity contribution in [1.82, 2.24) is 14.5 Å². The third-order valence-electron chi connectivity index (χ3n) is 3.03. The zero-order valence-electron chi connectivity index (χ0n) is 13.0. The number of rotatable bonds is 8. The summed E-state index contributed by atoms with van der Waals surface area (Å²) in [6.45, 7) is 1.45. The molecule has 0 saturated heterocycles. The Kier molecular flexibility index (Phi) is 7.28. The fraction of sp³-hybridized carbons (Fsp3) is 0.500. The molecule has 0 aromatic heterocycles. The van der Waals surface area contributed by atoms with Gasteiger partial charge in [-0.1, -0.05) is 23.7 Å². The van der Waals surface area contributed by atoms with Crippen LogP contribution in [0.3, 0.4) is 0 Å². The molecule has 0 aliphatic rings. The maximum absolute atomic E-state index is 12.0. The molecule has 8 heteroatoms. The van der Waals surface area contributed by atoms with Crippen molar-refractivity contribution in [1.29, 1.82) is 0 Å². The lowest BCUT2D eigenvalue weighted by Gasteiger charge is -2.22. The number of carbonyl (C=O) groups is 1. The van der Waals surface area contributed by atoms with Gasteiger partial charge in [-0.05, 0) is 26.2 Å². The van der Waals surface area contributed by atoms with Gasteiger partial charge in [-0.15, -0.1) is 0 Å². The van der Waals surface area contributed by atoms with E-state index in [2.05, 4.69) is 5.32 Å². The highest BCUT2D eigenvalue weighted by atomic mass is 35.5. The van der Waals surface area contributed by atoms with Gasteiger partial charge in [0, 0.05) is 26.2 Å². The Morgan fingerprint density at radius 1 is 1.18 bits per heavy atom. The fourth-order valence-electron chi connectivity index (χ4n) is 1.79. The molecule has 1 rings (SSSR count). The summed E-state index contributed by atoms with van der Waals surface area (Å²) < 4.78 is 24.8. The zero-order valence-corrected chi connectivity index (χ0v) is 14.6. The minimum absolute atomic E-state index is 0.225. The van der Waals surface area contributed by atoms with Gasteiger partial charge in [0.1, 0.15) is 0 Å². The molecular weight excluding hydrogens is 326 g/mol. The van der Waals surface area contributed by atoms with Crippen LogP contribution in [0, 0.1) is 0 Å². The van der Waals surface area contributed by atoms with Crippen LogP contribution >= 0.6 is 11.6 Å². The maximum atomic E-state index is 12.0. The van der Waals surface area contributed by atoms with E-state index >= 15 is 0 Å². The molecular formula is C14H22ClN3O3S. The van der Waals surface area contributed by atoms with Crippen LogP contribution in [0.15, 0.2) is 24.3 Å². The molecule has 0 aliphatic carbocycles. The van der Waals surface area contributed by atoms with E-state index in [0.29, 0.717) is 23.7 Å². The van der Waals surface area contributed by atoms with Crippen molar-refractivity contribution in [2.45, 2.75) is 0 Å². The van der Waals surface area contributed by atoms with Gasteiger partial charge >= 0.3 is 0 Å². The summed E-state index contributed by atoms with van der Waals surface area (Å²) in [5.41, 5.74) is 0.378. The smallest absolute Gasteiger partial charge is 0.252 e. The van der Waals surface area contributed by atoms with Crippen LogP contribution in [0.4, 0.5) is 0 Å². The first-order chi connectivity index (χ1) is 10.2. The largest absolute Gasteiger partial charge is 0.351 e. The lowest BCUT2D eigenvalue weighted by Crippen LogP contribution is -2.41. The molecule has 0 unspecified atom stereocenters. The minimum Gasteiger partial charge on any atom is -0.351 e. The third-order valence-corrected chi connectivity index (χ3v) is 4.66. The first-order valence-electron chi connectivity index (χ1n) is 6.84. The van der Waals surface area contributed by atoms with E-state index in [1.807, 2.05) is 19.0 Å². The number of halogens is 1.